The zero-order valence-corrected chi connectivity index (χ0v) is 23.0. The lowest BCUT2D eigenvalue weighted by Gasteiger charge is -2.25. The van der Waals surface area contributed by atoms with Gasteiger partial charge in [-0.25, -0.2) is 4.79 Å². The predicted molar refractivity (Wildman–Crippen MR) is 161 cm³/mol. The number of hydrogen-bond acceptors (Lipinski definition) is 3. The van der Waals surface area contributed by atoms with Crippen molar-refractivity contribution in [2.45, 2.75) is 0 Å². The van der Waals surface area contributed by atoms with Crippen LogP contribution in [0, 0.1) is 0 Å². The summed E-state index contributed by atoms with van der Waals surface area (Å²) in [6, 6.07) is 47.9. The van der Waals surface area contributed by atoms with Crippen LogP contribution in [0.4, 0.5) is 4.79 Å². The van der Waals surface area contributed by atoms with Crippen molar-refractivity contribution < 1.29 is 14.3 Å². The standard InChI is InChI=1S/C33H25BrO3P/c34-27-23-21-26(22-24-27)32(37-33(35)36-28-13-5-1-6-14-28)25-38(29-15-7-2-8-16-29,30-17-9-3-10-18-30)31-19-11-4-12-20-31/h1-25H/q+1. The summed E-state index contributed by atoms with van der Waals surface area (Å²) in [5.74, 6) is 2.98. The number of halogens is 1. The highest BCUT2D eigenvalue weighted by atomic mass is 79.9. The van der Waals surface area contributed by atoms with Gasteiger partial charge in [-0.15, -0.1) is 0 Å². The highest BCUT2D eigenvalue weighted by molar-refractivity contribution is 9.10. The molecule has 38 heavy (non-hydrogen) atoms. The highest BCUT2D eigenvalue weighted by Crippen LogP contribution is 2.58. The molecular formula is C33H25BrO3P+. The number of rotatable bonds is 7. The van der Waals surface area contributed by atoms with Crippen molar-refractivity contribution in [3.63, 3.8) is 0 Å². The molecule has 0 aliphatic heterocycles. The van der Waals surface area contributed by atoms with E-state index in [0.717, 1.165) is 25.9 Å². The minimum absolute atomic E-state index is 0.419. The average molecular weight is 580 g/mol. The summed E-state index contributed by atoms with van der Waals surface area (Å²) in [6.07, 6.45) is -0.794. The van der Waals surface area contributed by atoms with Crippen LogP contribution in [0.1, 0.15) is 5.56 Å². The van der Waals surface area contributed by atoms with E-state index in [1.54, 1.807) is 12.1 Å². The minimum atomic E-state index is -2.43. The molecule has 0 fully saturated rings. The van der Waals surface area contributed by atoms with E-state index in [0.29, 0.717) is 11.5 Å². The van der Waals surface area contributed by atoms with Crippen LogP contribution in [0.15, 0.2) is 156 Å². The zero-order chi connectivity index (χ0) is 26.2. The molecule has 0 atom stereocenters. The first kappa shape index (κ1) is 25.7. The summed E-state index contributed by atoms with van der Waals surface area (Å²) in [4.78, 5) is 13.1. The van der Waals surface area contributed by atoms with E-state index in [9.17, 15) is 4.79 Å². The normalized spacial score (nSPS) is 11.6. The second kappa shape index (κ2) is 12.0. The van der Waals surface area contributed by atoms with E-state index in [1.807, 2.05) is 97.1 Å². The first-order valence-electron chi connectivity index (χ1n) is 12.1. The molecule has 0 radical (unpaired) electrons. The third-order valence-electron chi connectivity index (χ3n) is 6.07. The Morgan fingerprint density at radius 1 is 0.579 bits per heavy atom. The maximum absolute atomic E-state index is 13.1. The molecule has 0 aromatic heterocycles. The Hall–Kier alpha value is -3.98. The molecule has 0 N–H and O–H groups in total. The Bertz CT molecular complexity index is 1410. The van der Waals surface area contributed by atoms with Crippen molar-refractivity contribution in [2.75, 3.05) is 0 Å². The topological polar surface area (TPSA) is 35.5 Å². The van der Waals surface area contributed by atoms with Crippen molar-refractivity contribution in [2.24, 2.45) is 0 Å². The largest absolute Gasteiger partial charge is 0.519 e. The molecule has 3 nitrogen and oxygen atoms in total. The van der Waals surface area contributed by atoms with E-state index in [1.165, 1.54) is 0 Å². The second-order valence-corrected chi connectivity index (χ2v) is 12.7. The number of carbonyl (C=O) groups is 1. The highest BCUT2D eigenvalue weighted by Gasteiger charge is 2.45. The Balaban J connectivity index is 1.73. The molecule has 0 aliphatic rings. The monoisotopic (exact) mass is 579 g/mol. The lowest BCUT2D eigenvalue weighted by atomic mass is 10.2. The fraction of sp³-hybridized carbons (Fsp3) is 0. The maximum Gasteiger partial charge on any atom is 0.519 e. The molecule has 5 aromatic rings. The third-order valence-corrected chi connectivity index (χ3v) is 10.6. The number of benzene rings is 5. The van der Waals surface area contributed by atoms with Gasteiger partial charge in [-0.2, -0.15) is 0 Å². The van der Waals surface area contributed by atoms with Crippen molar-refractivity contribution in [3.05, 3.63) is 161 Å². The molecule has 0 saturated carbocycles. The number of hydrogen-bond donors (Lipinski definition) is 0. The van der Waals surface area contributed by atoms with Gasteiger partial charge in [0.25, 0.3) is 0 Å². The zero-order valence-electron chi connectivity index (χ0n) is 20.5. The molecule has 0 bridgehead atoms. The average Bonchev–Trinajstić information content (AvgIpc) is 2.98. The number of para-hydroxylation sites is 1. The summed E-state index contributed by atoms with van der Waals surface area (Å²) in [5, 5.41) is 3.44. The summed E-state index contributed by atoms with van der Waals surface area (Å²) in [5.41, 5.74) is 0.769. The van der Waals surface area contributed by atoms with Crippen LogP contribution >= 0.6 is 23.2 Å². The molecule has 186 valence electrons. The first-order valence-corrected chi connectivity index (χ1v) is 14.8. The smallest absolute Gasteiger partial charge is 0.395 e. The Labute approximate surface area is 231 Å². The van der Waals surface area contributed by atoms with Crippen LogP contribution in [0.3, 0.4) is 0 Å². The van der Waals surface area contributed by atoms with Crippen molar-refractivity contribution in [3.8, 4) is 5.75 Å². The maximum atomic E-state index is 13.1. The molecule has 0 aliphatic carbocycles. The fourth-order valence-corrected chi connectivity index (χ4v) is 8.39. The van der Waals surface area contributed by atoms with Gasteiger partial charge in [0.05, 0.1) is 0 Å². The summed E-state index contributed by atoms with van der Waals surface area (Å²) in [7, 11) is -2.43. The Kier molecular flexibility index (Phi) is 8.13. The quantitative estimate of drug-likeness (QED) is 0.0849. The van der Waals surface area contributed by atoms with Crippen LogP contribution in [-0.4, -0.2) is 6.16 Å². The summed E-state index contributed by atoms with van der Waals surface area (Å²) < 4.78 is 12.5. The SMILES string of the molecule is O=C(OC(=C[P+](c1ccccc1)(c1ccccc1)c1ccccc1)c1ccc(Br)cc1)Oc1ccccc1. The van der Waals surface area contributed by atoms with Gasteiger partial charge in [0, 0.05) is 10.0 Å². The van der Waals surface area contributed by atoms with Gasteiger partial charge in [-0.05, 0) is 72.8 Å². The molecule has 0 amide bonds. The second-order valence-electron chi connectivity index (χ2n) is 8.50. The number of ether oxygens (including phenoxy) is 2. The molecule has 5 heteroatoms. The van der Waals surface area contributed by atoms with Crippen molar-refractivity contribution >= 4 is 51.0 Å². The van der Waals surface area contributed by atoms with Crippen LogP contribution in [0.25, 0.3) is 5.76 Å². The van der Waals surface area contributed by atoms with Gasteiger partial charge < -0.3 is 9.47 Å². The van der Waals surface area contributed by atoms with E-state index in [2.05, 4.69) is 58.1 Å². The first-order chi connectivity index (χ1) is 18.6. The van der Waals surface area contributed by atoms with Crippen molar-refractivity contribution in [1.29, 1.82) is 0 Å². The lowest BCUT2D eigenvalue weighted by molar-refractivity contribution is 0.142. The van der Waals surface area contributed by atoms with Gasteiger partial charge >= 0.3 is 6.16 Å². The van der Waals surface area contributed by atoms with Gasteiger partial charge in [0.15, 0.2) is 5.76 Å². The van der Waals surface area contributed by atoms with Crippen LogP contribution < -0.4 is 20.7 Å². The lowest BCUT2D eigenvalue weighted by Crippen LogP contribution is -2.30. The number of carbonyl (C=O) groups excluding carboxylic acids is 1. The molecule has 5 aromatic carbocycles. The molecular weight excluding hydrogens is 555 g/mol. The van der Waals surface area contributed by atoms with E-state index < -0.39 is 13.4 Å². The van der Waals surface area contributed by atoms with Gasteiger partial charge in [-0.3, -0.25) is 0 Å². The van der Waals surface area contributed by atoms with Crippen LogP contribution in [0.2, 0.25) is 0 Å². The van der Waals surface area contributed by atoms with Gasteiger partial charge in [0.2, 0.25) is 0 Å². The van der Waals surface area contributed by atoms with Crippen molar-refractivity contribution in [1.82, 2.24) is 0 Å². The van der Waals surface area contributed by atoms with Gasteiger partial charge in [0.1, 0.15) is 34.7 Å². The molecule has 0 heterocycles. The molecule has 5 rings (SSSR count). The van der Waals surface area contributed by atoms with E-state index in [4.69, 9.17) is 9.47 Å². The van der Waals surface area contributed by atoms with E-state index >= 15 is 0 Å². The Morgan fingerprint density at radius 2 is 1.00 bits per heavy atom. The minimum Gasteiger partial charge on any atom is -0.395 e. The van der Waals surface area contributed by atoms with E-state index in [-0.39, 0.29) is 0 Å². The summed E-state index contributed by atoms with van der Waals surface area (Å²) >= 11 is 3.52. The predicted octanol–water partition coefficient (Wildman–Crippen LogP) is 7.96. The Morgan fingerprint density at radius 3 is 1.45 bits per heavy atom. The molecule has 0 saturated heterocycles. The molecule has 0 unspecified atom stereocenters. The fourth-order valence-electron chi connectivity index (χ4n) is 4.31. The van der Waals surface area contributed by atoms with Gasteiger partial charge in [-0.1, -0.05) is 88.7 Å². The molecule has 0 spiro atoms. The van der Waals surface area contributed by atoms with Crippen LogP contribution in [0.5, 0.6) is 5.75 Å². The van der Waals surface area contributed by atoms with Crippen LogP contribution in [-0.2, 0) is 4.74 Å². The third kappa shape index (κ3) is 5.78. The summed E-state index contributed by atoms with van der Waals surface area (Å²) in [6.45, 7) is 0.